The molecule has 0 aliphatic carbocycles. The van der Waals surface area contributed by atoms with Crippen molar-refractivity contribution in [3.63, 3.8) is 0 Å². The van der Waals surface area contributed by atoms with Crippen molar-refractivity contribution in [3.05, 3.63) is 0 Å². The molecule has 2 heterocycles. The summed E-state index contributed by atoms with van der Waals surface area (Å²) in [6.45, 7) is 3.98. The number of rotatable bonds is 2. The fraction of sp³-hybridized carbons (Fsp3) is 0.833. The van der Waals surface area contributed by atoms with E-state index < -0.39 is 5.54 Å². The maximum Gasteiger partial charge on any atom is 0.243 e. The SMILES string of the molecule is CCC1C(=O)NCCN1C(=O)C1(N)CCOCC1. The Morgan fingerprint density at radius 3 is 2.83 bits per heavy atom. The average molecular weight is 255 g/mol. The maximum absolute atomic E-state index is 12.6. The van der Waals surface area contributed by atoms with Gasteiger partial charge in [0.15, 0.2) is 0 Å². The van der Waals surface area contributed by atoms with Gasteiger partial charge in [-0.05, 0) is 19.3 Å². The van der Waals surface area contributed by atoms with E-state index in [-0.39, 0.29) is 17.9 Å². The van der Waals surface area contributed by atoms with E-state index in [2.05, 4.69) is 5.32 Å². The first-order valence-corrected chi connectivity index (χ1v) is 6.54. The van der Waals surface area contributed by atoms with Crippen LogP contribution in [-0.4, -0.2) is 54.6 Å². The number of nitrogens with zero attached hydrogens (tertiary/aromatic N) is 1. The number of nitrogens with one attached hydrogen (secondary N) is 1. The summed E-state index contributed by atoms with van der Waals surface area (Å²) < 4.78 is 5.25. The Balaban J connectivity index is 2.13. The van der Waals surface area contributed by atoms with E-state index in [9.17, 15) is 9.59 Å². The number of hydrogen-bond acceptors (Lipinski definition) is 4. The van der Waals surface area contributed by atoms with Crippen LogP contribution < -0.4 is 11.1 Å². The van der Waals surface area contributed by atoms with Crippen molar-refractivity contribution < 1.29 is 14.3 Å². The largest absolute Gasteiger partial charge is 0.381 e. The van der Waals surface area contributed by atoms with Gasteiger partial charge in [-0.3, -0.25) is 9.59 Å². The summed E-state index contributed by atoms with van der Waals surface area (Å²) in [6, 6.07) is -0.380. The van der Waals surface area contributed by atoms with Crippen LogP contribution >= 0.6 is 0 Å². The predicted octanol–water partition coefficient (Wildman–Crippen LogP) is -0.769. The summed E-state index contributed by atoms with van der Waals surface area (Å²) in [5, 5.41) is 2.78. The first-order chi connectivity index (χ1) is 8.58. The zero-order valence-corrected chi connectivity index (χ0v) is 10.8. The van der Waals surface area contributed by atoms with E-state index in [1.807, 2.05) is 6.92 Å². The molecular formula is C12H21N3O3. The van der Waals surface area contributed by atoms with Crippen molar-refractivity contribution in [1.82, 2.24) is 10.2 Å². The Hall–Kier alpha value is -1.14. The Morgan fingerprint density at radius 2 is 2.22 bits per heavy atom. The molecule has 6 heteroatoms. The third-order valence-corrected chi connectivity index (χ3v) is 3.79. The van der Waals surface area contributed by atoms with Crippen molar-refractivity contribution in [3.8, 4) is 0 Å². The van der Waals surface area contributed by atoms with Crippen LogP contribution in [0.2, 0.25) is 0 Å². The summed E-state index contributed by atoms with van der Waals surface area (Å²) in [5.41, 5.74) is 5.34. The number of ether oxygens (including phenoxy) is 1. The summed E-state index contributed by atoms with van der Waals surface area (Å²) >= 11 is 0. The molecule has 6 nitrogen and oxygen atoms in total. The van der Waals surface area contributed by atoms with Gasteiger partial charge in [0.2, 0.25) is 11.8 Å². The zero-order valence-electron chi connectivity index (χ0n) is 10.8. The minimum atomic E-state index is -0.858. The molecule has 102 valence electrons. The Morgan fingerprint density at radius 1 is 1.56 bits per heavy atom. The van der Waals surface area contributed by atoms with Gasteiger partial charge in [-0.2, -0.15) is 0 Å². The number of carbonyl (C=O) groups excluding carboxylic acids is 2. The molecular weight excluding hydrogens is 234 g/mol. The summed E-state index contributed by atoms with van der Waals surface area (Å²) in [6.07, 6.45) is 1.67. The van der Waals surface area contributed by atoms with Gasteiger partial charge in [-0.25, -0.2) is 0 Å². The molecule has 2 amide bonds. The van der Waals surface area contributed by atoms with Crippen molar-refractivity contribution in [2.75, 3.05) is 26.3 Å². The van der Waals surface area contributed by atoms with Crippen LogP contribution in [0.5, 0.6) is 0 Å². The monoisotopic (exact) mass is 255 g/mol. The summed E-state index contributed by atoms with van der Waals surface area (Å²) in [7, 11) is 0. The first-order valence-electron chi connectivity index (χ1n) is 6.54. The topological polar surface area (TPSA) is 84.7 Å². The predicted molar refractivity (Wildman–Crippen MR) is 65.8 cm³/mol. The van der Waals surface area contributed by atoms with Crippen molar-refractivity contribution >= 4 is 11.8 Å². The fourth-order valence-corrected chi connectivity index (χ4v) is 2.60. The Labute approximate surface area is 107 Å². The van der Waals surface area contributed by atoms with E-state index in [0.29, 0.717) is 45.6 Å². The normalized spacial score (nSPS) is 27.8. The van der Waals surface area contributed by atoms with Gasteiger partial charge in [0, 0.05) is 26.3 Å². The van der Waals surface area contributed by atoms with E-state index in [1.165, 1.54) is 0 Å². The van der Waals surface area contributed by atoms with Gasteiger partial charge in [0.25, 0.3) is 0 Å². The molecule has 0 bridgehead atoms. The zero-order chi connectivity index (χ0) is 13.2. The fourth-order valence-electron chi connectivity index (χ4n) is 2.60. The second kappa shape index (κ2) is 5.24. The molecule has 1 unspecified atom stereocenters. The Kier molecular flexibility index (Phi) is 3.87. The van der Waals surface area contributed by atoms with Crippen molar-refractivity contribution in [1.29, 1.82) is 0 Å². The molecule has 18 heavy (non-hydrogen) atoms. The maximum atomic E-state index is 12.6. The van der Waals surface area contributed by atoms with Gasteiger partial charge in [-0.15, -0.1) is 0 Å². The van der Waals surface area contributed by atoms with Gasteiger partial charge >= 0.3 is 0 Å². The summed E-state index contributed by atoms with van der Waals surface area (Å²) in [4.78, 5) is 26.0. The molecule has 2 aliphatic heterocycles. The second-order valence-electron chi connectivity index (χ2n) is 4.98. The highest BCUT2D eigenvalue weighted by Crippen LogP contribution is 2.23. The van der Waals surface area contributed by atoms with E-state index >= 15 is 0 Å². The van der Waals surface area contributed by atoms with Gasteiger partial charge < -0.3 is 20.7 Å². The number of amides is 2. The van der Waals surface area contributed by atoms with E-state index in [1.54, 1.807) is 4.90 Å². The lowest BCUT2D eigenvalue weighted by Gasteiger charge is -2.41. The van der Waals surface area contributed by atoms with Crippen molar-refractivity contribution in [2.45, 2.75) is 37.8 Å². The molecule has 0 aromatic carbocycles. The third-order valence-electron chi connectivity index (χ3n) is 3.79. The number of carbonyl (C=O) groups is 2. The lowest BCUT2D eigenvalue weighted by Crippen LogP contribution is -2.65. The quantitative estimate of drug-likeness (QED) is 0.678. The van der Waals surface area contributed by atoms with E-state index in [0.717, 1.165) is 0 Å². The molecule has 2 fully saturated rings. The van der Waals surface area contributed by atoms with Crippen LogP contribution in [0, 0.1) is 0 Å². The van der Waals surface area contributed by atoms with Crippen LogP contribution in [-0.2, 0) is 14.3 Å². The van der Waals surface area contributed by atoms with Crippen molar-refractivity contribution in [2.24, 2.45) is 5.73 Å². The number of hydrogen-bond donors (Lipinski definition) is 2. The average Bonchev–Trinajstić information content (AvgIpc) is 2.38. The number of piperazine rings is 1. The molecule has 2 rings (SSSR count). The minimum Gasteiger partial charge on any atom is -0.381 e. The second-order valence-corrected chi connectivity index (χ2v) is 4.98. The third kappa shape index (κ3) is 2.35. The van der Waals surface area contributed by atoms with Crippen LogP contribution in [0.1, 0.15) is 26.2 Å². The Bertz CT molecular complexity index is 339. The molecule has 0 saturated carbocycles. The molecule has 0 spiro atoms. The van der Waals surface area contributed by atoms with Crippen LogP contribution in [0.3, 0.4) is 0 Å². The number of nitrogens with two attached hydrogens (primary N) is 1. The highest BCUT2D eigenvalue weighted by molar-refractivity contribution is 5.93. The lowest BCUT2D eigenvalue weighted by molar-refractivity contribution is -0.150. The highest BCUT2D eigenvalue weighted by Gasteiger charge is 2.43. The molecule has 0 aromatic rings. The first kappa shape index (κ1) is 13.3. The molecule has 0 radical (unpaired) electrons. The van der Waals surface area contributed by atoms with Gasteiger partial charge in [0.1, 0.15) is 6.04 Å². The van der Waals surface area contributed by atoms with Gasteiger partial charge in [0.05, 0.1) is 5.54 Å². The lowest BCUT2D eigenvalue weighted by atomic mass is 9.88. The smallest absolute Gasteiger partial charge is 0.243 e. The minimum absolute atomic E-state index is 0.0761. The van der Waals surface area contributed by atoms with Gasteiger partial charge in [-0.1, -0.05) is 6.92 Å². The molecule has 1 atom stereocenters. The van der Waals surface area contributed by atoms with E-state index in [4.69, 9.17) is 10.5 Å². The molecule has 2 saturated heterocycles. The molecule has 3 N–H and O–H groups in total. The van der Waals surface area contributed by atoms with Crippen LogP contribution in [0.25, 0.3) is 0 Å². The highest BCUT2D eigenvalue weighted by atomic mass is 16.5. The van der Waals surface area contributed by atoms with Crippen LogP contribution in [0.15, 0.2) is 0 Å². The molecule has 0 aromatic heterocycles. The van der Waals surface area contributed by atoms with Crippen LogP contribution in [0.4, 0.5) is 0 Å². The molecule has 2 aliphatic rings. The standard InChI is InChI=1S/C12H21N3O3/c1-2-9-10(16)14-5-6-15(9)11(17)12(13)3-7-18-8-4-12/h9H,2-8,13H2,1H3,(H,14,16). The summed E-state index contributed by atoms with van der Waals surface area (Å²) in [5.74, 6) is -0.180.